The number of carbonyl (C=O) groups is 1. The first-order valence-electron chi connectivity index (χ1n) is 6.89. The average molecular weight is 263 g/mol. The Bertz CT molecular complexity index is 466. The van der Waals surface area contributed by atoms with Gasteiger partial charge in [-0.3, -0.25) is 4.98 Å². The van der Waals surface area contributed by atoms with Crippen molar-refractivity contribution in [1.82, 2.24) is 9.88 Å². The predicted octanol–water partition coefficient (Wildman–Crippen LogP) is 2.87. The SMILES string of the molecule is O=C(Nc1cncc(F)c1)N1C[C@H]2CCCC[C@H]2C1. The van der Waals surface area contributed by atoms with E-state index in [0.29, 0.717) is 17.5 Å². The zero-order valence-corrected chi connectivity index (χ0v) is 10.8. The van der Waals surface area contributed by atoms with E-state index in [4.69, 9.17) is 0 Å². The highest BCUT2D eigenvalue weighted by atomic mass is 19.1. The van der Waals surface area contributed by atoms with Crippen molar-refractivity contribution in [2.75, 3.05) is 18.4 Å². The maximum Gasteiger partial charge on any atom is 0.321 e. The van der Waals surface area contributed by atoms with E-state index >= 15 is 0 Å². The summed E-state index contributed by atoms with van der Waals surface area (Å²) in [6, 6.07) is 1.15. The molecule has 5 heteroatoms. The second-order valence-electron chi connectivity index (χ2n) is 5.53. The van der Waals surface area contributed by atoms with Crippen LogP contribution in [0, 0.1) is 17.7 Å². The van der Waals surface area contributed by atoms with Gasteiger partial charge in [0.15, 0.2) is 0 Å². The summed E-state index contributed by atoms with van der Waals surface area (Å²) in [5.41, 5.74) is 0.417. The Balaban J connectivity index is 1.62. The second-order valence-corrected chi connectivity index (χ2v) is 5.53. The van der Waals surface area contributed by atoms with Crippen LogP contribution < -0.4 is 5.32 Å². The standard InChI is InChI=1S/C14H18FN3O/c15-12-5-13(7-16-6-12)17-14(19)18-8-10-3-1-2-4-11(10)9-18/h5-7,10-11H,1-4,8-9H2,(H,17,19)/t10-,11+. The Kier molecular flexibility index (Phi) is 3.36. The fourth-order valence-corrected chi connectivity index (χ4v) is 3.25. The Morgan fingerprint density at radius 1 is 1.26 bits per heavy atom. The molecule has 0 spiro atoms. The fourth-order valence-electron chi connectivity index (χ4n) is 3.25. The Morgan fingerprint density at radius 3 is 2.58 bits per heavy atom. The van der Waals surface area contributed by atoms with Crippen LogP contribution in [-0.2, 0) is 0 Å². The summed E-state index contributed by atoms with van der Waals surface area (Å²) in [6.45, 7) is 1.67. The van der Waals surface area contributed by atoms with Crippen molar-refractivity contribution in [3.63, 3.8) is 0 Å². The Labute approximate surface area is 112 Å². The molecule has 3 rings (SSSR count). The number of pyridine rings is 1. The van der Waals surface area contributed by atoms with Crippen molar-refractivity contribution >= 4 is 11.7 Å². The van der Waals surface area contributed by atoms with Crippen LogP contribution in [0.5, 0.6) is 0 Å². The number of urea groups is 1. The van der Waals surface area contributed by atoms with Crippen molar-refractivity contribution in [3.05, 3.63) is 24.3 Å². The number of likely N-dealkylation sites (tertiary alicyclic amines) is 1. The van der Waals surface area contributed by atoms with Gasteiger partial charge in [0.05, 0.1) is 18.1 Å². The quantitative estimate of drug-likeness (QED) is 0.846. The maximum atomic E-state index is 13.0. The van der Waals surface area contributed by atoms with Crippen LogP contribution in [-0.4, -0.2) is 29.0 Å². The molecule has 1 N–H and O–H groups in total. The van der Waals surface area contributed by atoms with Gasteiger partial charge in [-0.25, -0.2) is 9.18 Å². The molecule has 2 heterocycles. The largest absolute Gasteiger partial charge is 0.324 e. The minimum atomic E-state index is -0.437. The number of amides is 2. The summed E-state index contributed by atoms with van der Waals surface area (Å²) in [7, 11) is 0. The fraction of sp³-hybridized carbons (Fsp3) is 0.571. The third-order valence-electron chi connectivity index (χ3n) is 4.22. The topological polar surface area (TPSA) is 45.2 Å². The van der Waals surface area contributed by atoms with E-state index in [1.54, 1.807) is 0 Å². The van der Waals surface area contributed by atoms with Crippen molar-refractivity contribution in [3.8, 4) is 0 Å². The molecule has 19 heavy (non-hydrogen) atoms. The van der Waals surface area contributed by atoms with E-state index in [1.165, 1.54) is 37.9 Å². The molecule has 1 aliphatic heterocycles. The van der Waals surface area contributed by atoms with Crippen LogP contribution in [0.1, 0.15) is 25.7 Å². The first-order valence-corrected chi connectivity index (χ1v) is 6.89. The smallest absolute Gasteiger partial charge is 0.321 e. The van der Waals surface area contributed by atoms with E-state index in [0.717, 1.165) is 19.3 Å². The summed E-state index contributed by atoms with van der Waals surface area (Å²) in [5.74, 6) is 0.878. The molecular formula is C14H18FN3O. The highest BCUT2D eigenvalue weighted by Crippen LogP contribution is 2.36. The predicted molar refractivity (Wildman–Crippen MR) is 70.2 cm³/mol. The van der Waals surface area contributed by atoms with Crippen LogP contribution >= 0.6 is 0 Å². The van der Waals surface area contributed by atoms with Gasteiger partial charge in [0, 0.05) is 19.2 Å². The lowest BCUT2D eigenvalue weighted by Gasteiger charge is -2.22. The van der Waals surface area contributed by atoms with Gasteiger partial charge in [0.2, 0.25) is 0 Å². The lowest BCUT2D eigenvalue weighted by Crippen LogP contribution is -2.33. The van der Waals surface area contributed by atoms with Crippen LogP contribution in [0.15, 0.2) is 18.5 Å². The van der Waals surface area contributed by atoms with Gasteiger partial charge < -0.3 is 10.2 Å². The van der Waals surface area contributed by atoms with Crippen molar-refractivity contribution < 1.29 is 9.18 Å². The minimum Gasteiger partial charge on any atom is -0.324 e. The molecule has 2 atom stereocenters. The normalized spacial score (nSPS) is 26.1. The highest BCUT2D eigenvalue weighted by Gasteiger charge is 2.36. The molecule has 0 bridgehead atoms. The van der Waals surface area contributed by atoms with Crippen molar-refractivity contribution in [2.24, 2.45) is 11.8 Å². The number of aromatic nitrogens is 1. The van der Waals surface area contributed by atoms with Crippen LogP contribution in [0.2, 0.25) is 0 Å². The summed E-state index contributed by atoms with van der Waals surface area (Å²) >= 11 is 0. The molecule has 2 fully saturated rings. The van der Waals surface area contributed by atoms with Crippen molar-refractivity contribution in [1.29, 1.82) is 0 Å². The summed E-state index contributed by atoms with van der Waals surface area (Å²) < 4.78 is 13.0. The zero-order valence-electron chi connectivity index (χ0n) is 10.8. The molecule has 2 amide bonds. The first kappa shape index (κ1) is 12.4. The van der Waals surface area contributed by atoms with Gasteiger partial charge >= 0.3 is 6.03 Å². The van der Waals surface area contributed by atoms with Gasteiger partial charge in [-0.1, -0.05) is 12.8 Å². The van der Waals surface area contributed by atoms with E-state index in [2.05, 4.69) is 10.3 Å². The monoisotopic (exact) mass is 263 g/mol. The number of carbonyl (C=O) groups excluding carboxylic acids is 1. The molecule has 0 radical (unpaired) electrons. The average Bonchev–Trinajstić information content (AvgIpc) is 2.82. The number of nitrogens with zero attached hydrogens (tertiary/aromatic N) is 2. The lowest BCUT2D eigenvalue weighted by atomic mass is 9.82. The van der Waals surface area contributed by atoms with E-state index < -0.39 is 5.82 Å². The minimum absolute atomic E-state index is 0.137. The van der Waals surface area contributed by atoms with Gasteiger partial charge in [-0.15, -0.1) is 0 Å². The summed E-state index contributed by atoms with van der Waals surface area (Å²) in [4.78, 5) is 17.7. The number of hydrogen-bond donors (Lipinski definition) is 1. The van der Waals surface area contributed by atoms with Crippen LogP contribution in [0.4, 0.5) is 14.9 Å². The summed E-state index contributed by atoms with van der Waals surface area (Å²) in [6.07, 6.45) is 7.62. The summed E-state index contributed by atoms with van der Waals surface area (Å²) in [5, 5.41) is 2.72. The number of nitrogens with one attached hydrogen (secondary N) is 1. The van der Waals surface area contributed by atoms with Crippen LogP contribution in [0.25, 0.3) is 0 Å². The molecule has 1 aromatic rings. The third-order valence-corrected chi connectivity index (χ3v) is 4.22. The lowest BCUT2D eigenvalue weighted by molar-refractivity contribution is 0.220. The first-order chi connectivity index (χ1) is 9.22. The van der Waals surface area contributed by atoms with Crippen molar-refractivity contribution in [2.45, 2.75) is 25.7 Å². The van der Waals surface area contributed by atoms with Gasteiger partial charge in [0.1, 0.15) is 5.82 Å². The van der Waals surface area contributed by atoms with Gasteiger partial charge in [-0.2, -0.15) is 0 Å². The maximum absolute atomic E-state index is 13.0. The molecule has 102 valence electrons. The van der Waals surface area contributed by atoms with Crippen LogP contribution in [0.3, 0.4) is 0 Å². The highest BCUT2D eigenvalue weighted by molar-refractivity contribution is 5.89. The number of hydrogen-bond acceptors (Lipinski definition) is 2. The van der Waals surface area contributed by atoms with E-state index in [1.807, 2.05) is 4.90 Å². The molecular weight excluding hydrogens is 245 g/mol. The number of halogens is 1. The number of anilines is 1. The third kappa shape index (κ3) is 2.69. The molecule has 0 unspecified atom stereocenters. The second kappa shape index (κ2) is 5.15. The van der Waals surface area contributed by atoms with Gasteiger partial charge in [-0.05, 0) is 24.7 Å². The Hall–Kier alpha value is -1.65. The number of rotatable bonds is 1. The molecule has 1 saturated carbocycles. The molecule has 1 aliphatic carbocycles. The molecule has 1 saturated heterocycles. The number of fused-ring (bicyclic) bond motifs is 1. The Morgan fingerprint density at radius 2 is 1.95 bits per heavy atom. The molecule has 4 nitrogen and oxygen atoms in total. The zero-order chi connectivity index (χ0) is 13.2. The molecule has 2 aliphatic rings. The van der Waals surface area contributed by atoms with E-state index in [9.17, 15) is 9.18 Å². The molecule has 0 aromatic carbocycles. The molecule has 1 aromatic heterocycles. The van der Waals surface area contributed by atoms with Gasteiger partial charge in [0.25, 0.3) is 0 Å². The van der Waals surface area contributed by atoms with E-state index in [-0.39, 0.29) is 6.03 Å².